The maximum atomic E-state index is 5.43. The zero-order valence-electron chi connectivity index (χ0n) is 8.17. The van der Waals surface area contributed by atoms with Crippen molar-refractivity contribution in [3.63, 3.8) is 0 Å². The largest absolute Gasteiger partial charge is 0.326 e. The van der Waals surface area contributed by atoms with Crippen LogP contribution in [0.3, 0.4) is 0 Å². The first-order valence-electron chi connectivity index (χ1n) is 4.49. The summed E-state index contributed by atoms with van der Waals surface area (Å²) < 4.78 is 0. The maximum absolute atomic E-state index is 5.43. The molecule has 68 valence electrons. The highest BCUT2D eigenvalue weighted by molar-refractivity contribution is 5.17. The molecule has 0 bridgehead atoms. The lowest BCUT2D eigenvalue weighted by atomic mass is 10.2. The highest BCUT2D eigenvalue weighted by Crippen LogP contribution is 2.01. The molecule has 1 heterocycles. The third-order valence-electron chi connectivity index (χ3n) is 1.50. The van der Waals surface area contributed by atoms with Crippen LogP contribution in [0, 0.1) is 0 Å². The Balaban J connectivity index is 0.000000561. The van der Waals surface area contributed by atoms with Gasteiger partial charge in [0.05, 0.1) is 0 Å². The molecule has 0 aliphatic heterocycles. The van der Waals surface area contributed by atoms with E-state index in [1.165, 1.54) is 5.56 Å². The van der Waals surface area contributed by atoms with E-state index in [4.69, 9.17) is 5.73 Å². The fourth-order valence-corrected chi connectivity index (χ4v) is 0.846. The van der Waals surface area contributed by atoms with Crippen molar-refractivity contribution in [2.24, 2.45) is 5.73 Å². The summed E-state index contributed by atoms with van der Waals surface area (Å²) in [4.78, 5) is 4.05. The number of nitrogens with two attached hydrogens (primary N) is 1. The summed E-state index contributed by atoms with van der Waals surface area (Å²) in [6.07, 6.45) is 4.71. The summed E-state index contributed by atoms with van der Waals surface area (Å²) >= 11 is 0. The molecule has 0 radical (unpaired) electrons. The van der Waals surface area contributed by atoms with Gasteiger partial charge in [-0.05, 0) is 17.5 Å². The van der Waals surface area contributed by atoms with Crippen molar-refractivity contribution in [1.82, 2.24) is 4.98 Å². The Morgan fingerprint density at radius 1 is 1.25 bits per heavy atom. The van der Waals surface area contributed by atoms with Crippen LogP contribution in [0.2, 0.25) is 0 Å². The van der Waals surface area contributed by atoms with Crippen molar-refractivity contribution >= 4 is 0 Å². The summed E-state index contributed by atoms with van der Waals surface area (Å²) in [6, 6.07) is 2.09. The molecule has 2 nitrogen and oxygen atoms in total. The van der Waals surface area contributed by atoms with Gasteiger partial charge < -0.3 is 5.73 Å². The van der Waals surface area contributed by atoms with Crippen LogP contribution in [0.1, 0.15) is 31.9 Å². The van der Waals surface area contributed by atoms with E-state index in [1.807, 2.05) is 20.0 Å². The molecule has 0 aromatic carbocycles. The van der Waals surface area contributed by atoms with Gasteiger partial charge in [-0.1, -0.05) is 26.8 Å². The topological polar surface area (TPSA) is 38.9 Å². The minimum atomic E-state index is 0.584. The molecule has 1 aromatic heterocycles. The van der Waals surface area contributed by atoms with Crippen molar-refractivity contribution in [1.29, 1.82) is 0 Å². The van der Waals surface area contributed by atoms with Gasteiger partial charge in [-0.25, -0.2) is 0 Å². The third-order valence-corrected chi connectivity index (χ3v) is 1.50. The van der Waals surface area contributed by atoms with Crippen molar-refractivity contribution in [3.8, 4) is 0 Å². The number of aryl methyl sites for hydroxylation is 1. The predicted octanol–water partition coefficient (Wildman–Crippen LogP) is 2.13. The minimum absolute atomic E-state index is 0.584. The Morgan fingerprint density at radius 3 is 2.33 bits per heavy atom. The standard InChI is InChI=1S/C8H12N2.C2H6/c1-2-7-3-8(4-9)6-10-5-7;1-2/h3,5-6H,2,4,9H2,1H3;1-2H3. The number of rotatable bonds is 2. The van der Waals surface area contributed by atoms with E-state index in [0.717, 1.165) is 12.0 Å². The van der Waals surface area contributed by atoms with Crippen molar-refractivity contribution < 1.29 is 0 Å². The fraction of sp³-hybridized carbons (Fsp3) is 0.500. The number of pyridine rings is 1. The molecule has 12 heavy (non-hydrogen) atoms. The Labute approximate surface area is 74.8 Å². The van der Waals surface area contributed by atoms with Crippen LogP contribution < -0.4 is 5.73 Å². The second kappa shape index (κ2) is 6.80. The van der Waals surface area contributed by atoms with Gasteiger partial charge >= 0.3 is 0 Å². The summed E-state index contributed by atoms with van der Waals surface area (Å²) in [5.41, 5.74) is 7.80. The molecular formula is C10H18N2. The molecule has 1 aromatic rings. The van der Waals surface area contributed by atoms with E-state index in [1.54, 1.807) is 6.20 Å². The summed E-state index contributed by atoms with van der Waals surface area (Å²) in [5.74, 6) is 0. The monoisotopic (exact) mass is 166 g/mol. The Morgan fingerprint density at radius 2 is 1.83 bits per heavy atom. The molecule has 0 fully saturated rings. The summed E-state index contributed by atoms with van der Waals surface area (Å²) in [6.45, 7) is 6.69. The first-order valence-corrected chi connectivity index (χ1v) is 4.49. The molecule has 0 atom stereocenters. The van der Waals surface area contributed by atoms with Gasteiger partial charge in [0.2, 0.25) is 0 Å². The molecular weight excluding hydrogens is 148 g/mol. The van der Waals surface area contributed by atoms with E-state index in [0.29, 0.717) is 6.54 Å². The number of hydrogen-bond donors (Lipinski definition) is 1. The molecule has 0 spiro atoms. The van der Waals surface area contributed by atoms with Gasteiger partial charge in [-0.2, -0.15) is 0 Å². The van der Waals surface area contributed by atoms with E-state index >= 15 is 0 Å². The third kappa shape index (κ3) is 3.49. The fourth-order valence-electron chi connectivity index (χ4n) is 0.846. The normalized spacial score (nSPS) is 8.67. The summed E-state index contributed by atoms with van der Waals surface area (Å²) in [5, 5.41) is 0. The van der Waals surface area contributed by atoms with Crippen LogP contribution in [0.5, 0.6) is 0 Å². The van der Waals surface area contributed by atoms with Gasteiger partial charge in [0.25, 0.3) is 0 Å². The average molecular weight is 166 g/mol. The number of nitrogens with zero attached hydrogens (tertiary/aromatic N) is 1. The number of aromatic nitrogens is 1. The van der Waals surface area contributed by atoms with E-state index in [2.05, 4.69) is 18.0 Å². The van der Waals surface area contributed by atoms with Gasteiger partial charge in [-0.3, -0.25) is 4.98 Å². The van der Waals surface area contributed by atoms with Crippen molar-refractivity contribution in [2.45, 2.75) is 33.7 Å². The molecule has 0 aliphatic rings. The lowest BCUT2D eigenvalue weighted by Gasteiger charge is -1.97. The van der Waals surface area contributed by atoms with Crippen molar-refractivity contribution in [2.75, 3.05) is 0 Å². The van der Waals surface area contributed by atoms with Crippen LogP contribution >= 0.6 is 0 Å². The van der Waals surface area contributed by atoms with Gasteiger partial charge in [0, 0.05) is 18.9 Å². The molecule has 0 aliphatic carbocycles. The zero-order chi connectivity index (χ0) is 9.40. The first-order chi connectivity index (χ1) is 5.86. The molecule has 0 unspecified atom stereocenters. The van der Waals surface area contributed by atoms with Crippen LogP contribution in [-0.2, 0) is 13.0 Å². The molecule has 0 saturated carbocycles. The second-order valence-electron chi connectivity index (χ2n) is 2.26. The first kappa shape index (κ1) is 11.1. The zero-order valence-corrected chi connectivity index (χ0v) is 8.17. The Kier molecular flexibility index (Phi) is 6.29. The van der Waals surface area contributed by atoms with E-state index < -0.39 is 0 Å². The molecule has 2 N–H and O–H groups in total. The SMILES string of the molecule is CC.CCc1cncc(CN)c1. The lowest BCUT2D eigenvalue weighted by Crippen LogP contribution is -1.97. The quantitative estimate of drug-likeness (QED) is 0.731. The smallest absolute Gasteiger partial charge is 0.0312 e. The van der Waals surface area contributed by atoms with Crippen LogP contribution in [0.25, 0.3) is 0 Å². The Hall–Kier alpha value is -0.890. The average Bonchev–Trinajstić information content (AvgIpc) is 2.21. The highest BCUT2D eigenvalue weighted by atomic mass is 14.6. The predicted molar refractivity (Wildman–Crippen MR) is 52.9 cm³/mol. The Bertz CT molecular complexity index is 189. The maximum Gasteiger partial charge on any atom is 0.0312 e. The van der Waals surface area contributed by atoms with Gasteiger partial charge in [0.1, 0.15) is 0 Å². The summed E-state index contributed by atoms with van der Waals surface area (Å²) in [7, 11) is 0. The lowest BCUT2D eigenvalue weighted by molar-refractivity contribution is 1.01. The molecule has 0 saturated heterocycles. The van der Waals surface area contributed by atoms with E-state index in [-0.39, 0.29) is 0 Å². The van der Waals surface area contributed by atoms with Gasteiger partial charge in [0.15, 0.2) is 0 Å². The van der Waals surface area contributed by atoms with Crippen LogP contribution in [0.4, 0.5) is 0 Å². The van der Waals surface area contributed by atoms with E-state index in [9.17, 15) is 0 Å². The molecule has 0 amide bonds. The van der Waals surface area contributed by atoms with Crippen molar-refractivity contribution in [3.05, 3.63) is 29.6 Å². The number of hydrogen-bond acceptors (Lipinski definition) is 2. The second-order valence-corrected chi connectivity index (χ2v) is 2.26. The molecule has 2 heteroatoms. The minimum Gasteiger partial charge on any atom is -0.326 e. The van der Waals surface area contributed by atoms with Crippen LogP contribution in [-0.4, -0.2) is 4.98 Å². The molecule has 1 rings (SSSR count). The van der Waals surface area contributed by atoms with Crippen LogP contribution in [0.15, 0.2) is 18.5 Å². The highest BCUT2D eigenvalue weighted by Gasteiger charge is 1.90. The van der Waals surface area contributed by atoms with Gasteiger partial charge in [-0.15, -0.1) is 0 Å².